The maximum absolute atomic E-state index is 14.3. The Morgan fingerprint density at radius 1 is 0.926 bits per heavy atom. The first-order valence-electron chi connectivity index (χ1n) is 9.82. The Morgan fingerprint density at radius 2 is 1.59 bits per heavy atom. The highest BCUT2D eigenvalue weighted by Gasteiger charge is 2.25. The van der Waals surface area contributed by atoms with Crippen molar-refractivity contribution in [3.8, 4) is 5.75 Å². The van der Waals surface area contributed by atoms with Crippen LogP contribution in [0.25, 0.3) is 0 Å². The van der Waals surface area contributed by atoms with Crippen molar-refractivity contribution >= 4 is 0 Å². The van der Waals surface area contributed by atoms with E-state index in [1.165, 1.54) is 13.2 Å². The van der Waals surface area contributed by atoms with Gasteiger partial charge in [0.05, 0.1) is 7.11 Å². The highest BCUT2D eigenvalue weighted by atomic mass is 19.2. The summed E-state index contributed by atoms with van der Waals surface area (Å²) in [5, 5.41) is 0. The molecule has 0 amide bonds. The van der Waals surface area contributed by atoms with Crippen LogP contribution in [0.2, 0.25) is 0 Å². The third-order valence-electron chi connectivity index (χ3n) is 5.94. The molecule has 0 aromatic heterocycles. The van der Waals surface area contributed by atoms with E-state index in [1.54, 1.807) is 12.1 Å². The zero-order chi connectivity index (χ0) is 19.4. The van der Waals surface area contributed by atoms with Crippen LogP contribution >= 0.6 is 0 Å². The largest absolute Gasteiger partial charge is 0.497 e. The third kappa shape index (κ3) is 4.48. The van der Waals surface area contributed by atoms with Gasteiger partial charge in [-0.2, -0.15) is 0 Å². The van der Waals surface area contributed by atoms with Crippen molar-refractivity contribution in [1.82, 2.24) is 0 Å². The lowest BCUT2D eigenvalue weighted by Crippen LogP contribution is -2.15. The number of hydrogen-bond acceptors (Lipinski definition) is 1. The van der Waals surface area contributed by atoms with Crippen molar-refractivity contribution in [2.45, 2.75) is 57.8 Å². The van der Waals surface area contributed by atoms with Gasteiger partial charge in [0.1, 0.15) is 11.6 Å². The highest BCUT2D eigenvalue weighted by Crippen LogP contribution is 2.39. The summed E-state index contributed by atoms with van der Waals surface area (Å²) in [6, 6.07) is 8.49. The number of aryl methyl sites for hydroxylation is 2. The van der Waals surface area contributed by atoms with Gasteiger partial charge in [0.25, 0.3) is 0 Å². The fourth-order valence-corrected chi connectivity index (χ4v) is 4.18. The normalized spacial score (nSPS) is 19.9. The van der Waals surface area contributed by atoms with Crippen molar-refractivity contribution in [3.05, 3.63) is 64.5 Å². The predicted molar refractivity (Wildman–Crippen MR) is 102 cm³/mol. The summed E-state index contributed by atoms with van der Waals surface area (Å²) < 4.78 is 47.4. The SMILES string of the molecule is CCc1ccc(CCC2CCC(c3ccc(OC)cc3F)CC2)c(F)c1F. The van der Waals surface area contributed by atoms with Crippen LogP contribution in [0.3, 0.4) is 0 Å². The monoisotopic (exact) mass is 376 g/mol. The molecule has 1 aliphatic carbocycles. The van der Waals surface area contributed by atoms with E-state index in [1.807, 2.05) is 19.1 Å². The summed E-state index contributed by atoms with van der Waals surface area (Å²) in [4.78, 5) is 0. The molecule has 1 aliphatic rings. The molecule has 0 atom stereocenters. The van der Waals surface area contributed by atoms with Crippen LogP contribution in [0.5, 0.6) is 5.75 Å². The first-order chi connectivity index (χ1) is 13.0. The second kappa shape index (κ2) is 8.81. The quantitative estimate of drug-likeness (QED) is 0.553. The van der Waals surface area contributed by atoms with Crippen molar-refractivity contribution in [2.75, 3.05) is 7.11 Å². The van der Waals surface area contributed by atoms with E-state index in [0.29, 0.717) is 35.6 Å². The van der Waals surface area contributed by atoms with Gasteiger partial charge in [-0.05, 0) is 79.5 Å². The molecule has 4 heteroatoms. The second-order valence-corrected chi connectivity index (χ2v) is 7.51. The lowest BCUT2D eigenvalue weighted by Gasteiger charge is -2.29. The summed E-state index contributed by atoms with van der Waals surface area (Å²) in [5.41, 5.74) is 1.66. The van der Waals surface area contributed by atoms with Gasteiger partial charge < -0.3 is 4.74 Å². The van der Waals surface area contributed by atoms with Crippen molar-refractivity contribution in [1.29, 1.82) is 0 Å². The first-order valence-corrected chi connectivity index (χ1v) is 9.82. The molecule has 146 valence electrons. The average Bonchev–Trinajstić information content (AvgIpc) is 2.69. The first kappa shape index (κ1) is 19.8. The lowest BCUT2D eigenvalue weighted by molar-refractivity contribution is 0.305. The highest BCUT2D eigenvalue weighted by molar-refractivity contribution is 5.31. The maximum atomic E-state index is 14.3. The Hall–Kier alpha value is -1.97. The molecule has 0 unspecified atom stereocenters. The van der Waals surface area contributed by atoms with Crippen LogP contribution in [0.1, 0.15) is 61.6 Å². The smallest absolute Gasteiger partial charge is 0.162 e. The molecule has 2 aromatic rings. The predicted octanol–water partition coefficient (Wildman–Crippen LogP) is 6.58. The summed E-state index contributed by atoms with van der Waals surface area (Å²) in [7, 11) is 1.53. The minimum Gasteiger partial charge on any atom is -0.497 e. The van der Waals surface area contributed by atoms with Gasteiger partial charge in [0.2, 0.25) is 0 Å². The molecule has 1 fully saturated rings. The van der Waals surface area contributed by atoms with Crippen LogP contribution in [0.15, 0.2) is 30.3 Å². The molecule has 27 heavy (non-hydrogen) atoms. The van der Waals surface area contributed by atoms with Crippen molar-refractivity contribution in [2.24, 2.45) is 5.92 Å². The van der Waals surface area contributed by atoms with Gasteiger partial charge in [0, 0.05) is 6.07 Å². The molecular weight excluding hydrogens is 349 g/mol. The van der Waals surface area contributed by atoms with Crippen LogP contribution < -0.4 is 4.74 Å². The number of hydrogen-bond donors (Lipinski definition) is 0. The average molecular weight is 376 g/mol. The zero-order valence-corrected chi connectivity index (χ0v) is 16.0. The summed E-state index contributed by atoms with van der Waals surface area (Å²) in [6.45, 7) is 1.82. The molecule has 0 spiro atoms. The fourth-order valence-electron chi connectivity index (χ4n) is 4.18. The molecule has 1 nitrogen and oxygen atoms in total. The van der Waals surface area contributed by atoms with E-state index in [2.05, 4.69) is 0 Å². The summed E-state index contributed by atoms with van der Waals surface area (Å²) >= 11 is 0. The van der Waals surface area contributed by atoms with Crippen LogP contribution in [-0.2, 0) is 12.8 Å². The number of rotatable bonds is 6. The van der Waals surface area contributed by atoms with E-state index in [0.717, 1.165) is 37.7 Å². The summed E-state index contributed by atoms with van der Waals surface area (Å²) in [5.74, 6) is -0.349. The minimum atomic E-state index is -0.700. The molecule has 1 saturated carbocycles. The number of ether oxygens (including phenoxy) is 1. The molecular formula is C23H27F3O. The van der Waals surface area contributed by atoms with E-state index in [-0.39, 0.29) is 11.7 Å². The lowest BCUT2D eigenvalue weighted by atomic mass is 9.76. The molecule has 0 heterocycles. The molecule has 0 saturated heterocycles. The maximum Gasteiger partial charge on any atom is 0.162 e. The van der Waals surface area contributed by atoms with Gasteiger partial charge in [0.15, 0.2) is 11.6 Å². The minimum absolute atomic E-state index is 0.202. The Bertz CT molecular complexity index is 779. The van der Waals surface area contributed by atoms with E-state index < -0.39 is 11.6 Å². The van der Waals surface area contributed by atoms with Gasteiger partial charge in [-0.25, -0.2) is 13.2 Å². The topological polar surface area (TPSA) is 9.23 Å². The van der Waals surface area contributed by atoms with Crippen LogP contribution in [-0.4, -0.2) is 7.11 Å². The molecule has 0 bridgehead atoms. The van der Waals surface area contributed by atoms with E-state index in [9.17, 15) is 13.2 Å². The second-order valence-electron chi connectivity index (χ2n) is 7.51. The molecule has 0 radical (unpaired) electrons. The van der Waals surface area contributed by atoms with Gasteiger partial charge >= 0.3 is 0 Å². The Kier molecular flexibility index (Phi) is 6.46. The van der Waals surface area contributed by atoms with Crippen molar-refractivity contribution in [3.63, 3.8) is 0 Å². The fraction of sp³-hybridized carbons (Fsp3) is 0.478. The van der Waals surface area contributed by atoms with Crippen molar-refractivity contribution < 1.29 is 17.9 Å². The third-order valence-corrected chi connectivity index (χ3v) is 5.94. The Balaban J connectivity index is 1.55. The summed E-state index contributed by atoms with van der Waals surface area (Å²) in [6.07, 6.45) is 5.74. The zero-order valence-electron chi connectivity index (χ0n) is 16.0. The number of benzene rings is 2. The van der Waals surface area contributed by atoms with Gasteiger partial charge in [-0.1, -0.05) is 25.1 Å². The van der Waals surface area contributed by atoms with Gasteiger partial charge in [-0.3, -0.25) is 0 Å². The number of halogens is 3. The van der Waals surface area contributed by atoms with E-state index in [4.69, 9.17) is 4.74 Å². The molecule has 2 aromatic carbocycles. The van der Waals surface area contributed by atoms with Gasteiger partial charge in [-0.15, -0.1) is 0 Å². The number of methoxy groups -OCH3 is 1. The Morgan fingerprint density at radius 3 is 2.22 bits per heavy atom. The molecule has 3 rings (SSSR count). The van der Waals surface area contributed by atoms with Crippen LogP contribution in [0.4, 0.5) is 13.2 Å². The van der Waals surface area contributed by atoms with Crippen LogP contribution in [0, 0.1) is 23.4 Å². The molecule has 0 aliphatic heterocycles. The molecule has 0 N–H and O–H groups in total. The standard InChI is InChI=1S/C23H27F3O/c1-3-16-10-11-18(23(26)22(16)25)9-6-15-4-7-17(8-5-15)20-13-12-19(27-2)14-21(20)24/h10-15,17H,3-9H2,1-2H3. The van der Waals surface area contributed by atoms with E-state index >= 15 is 0 Å². The Labute approximate surface area is 159 Å².